The molecular formula is C9H6INO2. The second-order valence-electron chi connectivity index (χ2n) is 2.69. The zero-order valence-corrected chi connectivity index (χ0v) is 8.70. The summed E-state index contributed by atoms with van der Waals surface area (Å²) in [5, 5.41) is 9.70. The lowest BCUT2D eigenvalue weighted by Crippen LogP contribution is -1.94. The van der Waals surface area contributed by atoms with Crippen molar-refractivity contribution in [3.05, 3.63) is 33.5 Å². The number of aromatic amines is 1. The second-order valence-corrected chi connectivity index (χ2v) is 3.85. The third-order valence-corrected chi connectivity index (χ3v) is 2.78. The molecule has 0 bridgehead atoms. The van der Waals surface area contributed by atoms with E-state index in [-0.39, 0.29) is 5.69 Å². The van der Waals surface area contributed by atoms with E-state index in [2.05, 4.69) is 27.6 Å². The molecule has 0 unspecified atom stereocenters. The molecule has 0 fully saturated rings. The number of nitrogens with one attached hydrogen (secondary N) is 1. The Morgan fingerprint density at radius 1 is 1.46 bits per heavy atom. The Morgan fingerprint density at radius 3 is 2.85 bits per heavy atom. The smallest absolute Gasteiger partial charge is 0.352 e. The summed E-state index contributed by atoms with van der Waals surface area (Å²) in [4.78, 5) is 13.5. The summed E-state index contributed by atoms with van der Waals surface area (Å²) in [6, 6.07) is 7.36. The number of benzene rings is 1. The fourth-order valence-electron chi connectivity index (χ4n) is 1.23. The number of carboxylic acids is 1. The number of carbonyl (C=O) groups is 1. The SMILES string of the molecule is O=C(O)c1cc2c(I)cccc2[nH]1. The first-order chi connectivity index (χ1) is 6.18. The highest BCUT2D eigenvalue weighted by molar-refractivity contribution is 14.1. The molecule has 13 heavy (non-hydrogen) atoms. The maximum atomic E-state index is 10.6. The van der Waals surface area contributed by atoms with Crippen molar-refractivity contribution in [2.24, 2.45) is 0 Å². The van der Waals surface area contributed by atoms with Gasteiger partial charge in [-0.15, -0.1) is 0 Å². The maximum Gasteiger partial charge on any atom is 0.352 e. The molecule has 2 aromatic rings. The van der Waals surface area contributed by atoms with Crippen LogP contribution in [0.15, 0.2) is 24.3 Å². The Morgan fingerprint density at radius 2 is 2.23 bits per heavy atom. The first-order valence-corrected chi connectivity index (χ1v) is 4.77. The fraction of sp³-hybridized carbons (Fsp3) is 0. The molecule has 1 heterocycles. The molecule has 1 aromatic carbocycles. The highest BCUT2D eigenvalue weighted by Crippen LogP contribution is 2.21. The van der Waals surface area contributed by atoms with Gasteiger partial charge < -0.3 is 10.1 Å². The highest BCUT2D eigenvalue weighted by atomic mass is 127. The summed E-state index contributed by atoms with van der Waals surface area (Å²) in [7, 11) is 0. The third kappa shape index (κ3) is 1.41. The molecule has 0 aliphatic heterocycles. The molecule has 4 heteroatoms. The molecule has 66 valence electrons. The van der Waals surface area contributed by atoms with Crippen molar-refractivity contribution in [2.75, 3.05) is 0 Å². The van der Waals surface area contributed by atoms with Gasteiger partial charge in [0.2, 0.25) is 0 Å². The molecule has 0 saturated heterocycles. The first-order valence-electron chi connectivity index (χ1n) is 3.69. The van der Waals surface area contributed by atoms with E-state index < -0.39 is 5.97 Å². The molecule has 0 aliphatic rings. The molecule has 2 N–H and O–H groups in total. The van der Waals surface area contributed by atoms with Gasteiger partial charge in [0, 0.05) is 14.5 Å². The van der Waals surface area contributed by atoms with Crippen molar-refractivity contribution in [1.82, 2.24) is 4.98 Å². The van der Waals surface area contributed by atoms with Crippen molar-refractivity contribution in [2.45, 2.75) is 0 Å². The summed E-state index contributed by atoms with van der Waals surface area (Å²) < 4.78 is 1.05. The average Bonchev–Trinajstić information content (AvgIpc) is 2.49. The van der Waals surface area contributed by atoms with Crippen LogP contribution in [-0.4, -0.2) is 16.1 Å². The van der Waals surface area contributed by atoms with Gasteiger partial charge >= 0.3 is 5.97 Å². The molecule has 3 nitrogen and oxygen atoms in total. The number of H-pyrrole nitrogens is 1. The molecule has 0 aliphatic carbocycles. The van der Waals surface area contributed by atoms with E-state index in [9.17, 15) is 4.79 Å². The fourth-order valence-corrected chi connectivity index (χ4v) is 1.89. The van der Waals surface area contributed by atoms with Gasteiger partial charge in [0.05, 0.1) is 0 Å². The number of carboxylic acid groups (broad SMARTS) is 1. The Bertz CT molecular complexity index is 475. The summed E-state index contributed by atoms with van der Waals surface area (Å²) >= 11 is 2.18. The molecular weight excluding hydrogens is 281 g/mol. The first kappa shape index (κ1) is 8.55. The molecule has 0 radical (unpaired) electrons. The van der Waals surface area contributed by atoms with Crippen LogP contribution in [0.2, 0.25) is 0 Å². The molecule has 0 saturated carbocycles. The van der Waals surface area contributed by atoms with E-state index in [1.54, 1.807) is 6.07 Å². The standard InChI is InChI=1S/C9H6INO2/c10-6-2-1-3-7-5(6)4-8(11-7)9(12)13/h1-4,11H,(H,12,13). The van der Waals surface area contributed by atoms with Gasteiger partial charge in [-0.1, -0.05) is 6.07 Å². The molecule has 2 rings (SSSR count). The molecule has 0 spiro atoms. The summed E-state index contributed by atoms with van der Waals surface area (Å²) in [5.74, 6) is -0.924. The number of fused-ring (bicyclic) bond motifs is 1. The number of aromatic carboxylic acids is 1. The largest absolute Gasteiger partial charge is 0.477 e. The minimum Gasteiger partial charge on any atom is -0.477 e. The van der Waals surface area contributed by atoms with Crippen molar-refractivity contribution in [3.8, 4) is 0 Å². The van der Waals surface area contributed by atoms with E-state index in [1.165, 1.54) is 0 Å². The highest BCUT2D eigenvalue weighted by Gasteiger charge is 2.08. The van der Waals surface area contributed by atoms with Crippen molar-refractivity contribution >= 4 is 39.5 Å². The normalized spacial score (nSPS) is 10.5. The Labute approximate surface area is 87.9 Å². The predicted octanol–water partition coefficient (Wildman–Crippen LogP) is 2.47. The summed E-state index contributed by atoms with van der Waals surface area (Å²) in [5.41, 5.74) is 1.10. The number of hydrogen-bond donors (Lipinski definition) is 2. The Kier molecular flexibility index (Phi) is 1.99. The topological polar surface area (TPSA) is 53.1 Å². The van der Waals surface area contributed by atoms with E-state index in [0.29, 0.717) is 0 Å². The second kappa shape index (κ2) is 3.02. The van der Waals surface area contributed by atoms with Crippen molar-refractivity contribution in [3.63, 3.8) is 0 Å². The number of aromatic nitrogens is 1. The Balaban J connectivity index is 2.75. The summed E-state index contributed by atoms with van der Waals surface area (Å²) in [6.45, 7) is 0. The summed E-state index contributed by atoms with van der Waals surface area (Å²) in [6.07, 6.45) is 0. The molecule has 0 amide bonds. The van der Waals surface area contributed by atoms with Gasteiger partial charge in [-0.2, -0.15) is 0 Å². The lowest BCUT2D eigenvalue weighted by atomic mass is 10.2. The van der Waals surface area contributed by atoms with E-state index in [4.69, 9.17) is 5.11 Å². The van der Waals surface area contributed by atoms with Gasteiger partial charge in [-0.3, -0.25) is 0 Å². The number of halogens is 1. The minimum atomic E-state index is -0.924. The van der Waals surface area contributed by atoms with Crippen molar-refractivity contribution < 1.29 is 9.90 Å². The molecule has 1 aromatic heterocycles. The lowest BCUT2D eigenvalue weighted by molar-refractivity contribution is 0.0691. The third-order valence-electron chi connectivity index (χ3n) is 1.84. The van der Waals surface area contributed by atoms with E-state index >= 15 is 0 Å². The lowest BCUT2D eigenvalue weighted by Gasteiger charge is -1.90. The predicted molar refractivity (Wildman–Crippen MR) is 58.0 cm³/mol. The van der Waals surface area contributed by atoms with Crippen LogP contribution in [0.5, 0.6) is 0 Å². The Hall–Kier alpha value is -1.04. The van der Waals surface area contributed by atoms with Gasteiger partial charge in [0.15, 0.2) is 0 Å². The van der Waals surface area contributed by atoms with Crippen LogP contribution in [0.4, 0.5) is 0 Å². The van der Waals surface area contributed by atoms with E-state index in [1.807, 2.05) is 18.2 Å². The van der Waals surface area contributed by atoms with Gasteiger partial charge in [-0.05, 0) is 40.8 Å². The number of rotatable bonds is 1. The zero-order chi connectivity index (χ0) is 9.42. The van der Waals surface area contributed by atoms with Crippen LogP contribution in [0.25, 0.3) is 10.9 Å². The van der Waals surface area contributed by atoms with E-state index in [0.717, 1.165) is 14.5 Å². The average molecular weight is 287 g/mol. The van der Waals surface area contributed by atoms with Crippen LogP contribution in [0, 0.1) is 3.57 Å². The zero-order valence-electron chi connectivity index (χ0n) is 6.54. The van der Waals surface area contributed by atoms with Gasteiger partial charge in [0.1, 0.15) is 5.69 Å². The van der Waals surface area contributed by atoms with Crippen LogP contribution in [0.1, 0.15) is 10.5 Å². The number of hydrogen-bond acceptors (Lipinski definition) is 1. The quantitative estimate of drug-likeness (QED) is 0.792. The van der Waals surface area contributed by atoms with Crippen LogP contribution < -0.4 is 0 Å². The van der Waals surface area contributed by atoms with Crippen LogP contribution in [0.3, 0.4) is 0 Å². The molecule has 0 atom stereocenters. The monoisotopic (exact) mass is 287 g/mol. The van der Waals surface area contributed by atoms with Crippen molar-refractivity contribution in [1.29, 1.82) is 0 Å². The van der Waals surface area contributed by atoms with Gasteiger partial charge in [0.25, 0.3) is 0 Å². The minimum absolute atomic E-state index is 0.235. The maximum absolute atomic E-state index is 10.6. The van der Waals surface area contributed by atoms with Crippen LogP contribution >= 0.6 is 22.6 Å². The van der Waals surface area contributed by atoms with Crippen LogP contribution in [-0.2, 0) is 0 Å². The van der Waals surface area contributed by atoms with Gasteiger partial charge in [-0.25, -0.2) is 4.79 Å².